The number of pyridine rings is 1. The van der Waals surface area contributed by atoms with Gasteiger partial charge in [0.25, 0.3) is 5.91 Å². The van der Waals surface area contributed by atoms with E-state index in [1.165, 1.54) is 6.07 Å². The van der Waals surface area contributed by atoms with Crippen LogP contribution in [-0.4, -0.2) is 16.9 Å². The van der Waals surface area contributed by atoms with Crippen LogP contribution in [0.25, 0.3) is 0 Å². The predicted octanol–water partition coefficient (Wildman–Crippen LogP) is 1.94. The molecule has 0 atom stereocenters. The van der Waals surface area contributed by atoms with Crippen molar-refractivity contribution in [2.24, 2.45) is 5.84 Å². The Morgan fingerprint density at radius 2 is 2.12 bits per heavy atom. The highest BCUT2D eigenvalue weighted by Gasteiger charge is 2.12. The molecule has 1 aromatic heterocycles. The van der Waals surface area contributed by atoms with Crippen LogP contribution in [-0.2, 0) is 0 Å². The number of hydrogen-bond acceptors (Lipinski definition) is 4. The smallest absolute Gasteiger partial charge is 0.251 e. The van der Waals surface area contributed by atoms with Crippen LogP contribution >= 0.6 is 11.6 Å². The van der Waals surface area contributed by atoms with E-state index in [0.29, 0.717) is 11.4 Å². The van der Waals surface area contributed by atoms with Crippen molar-refractivity contribution in [2.75, 3.05) is 5.43 Å². The van der Waals surface area contributed by atoms with Gasteiger partial charge in [-0.2, -0.15) is 0 Å². The minimum atomic E-state index is -0.167. The molecule has 0 aromatic carbocycles. The van der Waals surface area contributed by atoms with Gasteiger partial charge >= 0.3 is 0 Å². The molecular weight excluding hydrogens is 240 g/mol. The third-order valence-corrected chi connectivity index (χ3v) is 2.72. The number of halogens is 1. The van der Waals surface area contributed by atoms with Crippen LogP contribution in [0, 0.1) is 0 Å². The van der Waals surface area contributed by atoms with Gasteiger partial charge in [0.15, 0.2) is 0 Å². The zero-order chi connectivity index (χ0) is 12.8. The quantitative estimate of drug-likeness (QED) is 0.427. The summed E-state index contributed by atoms with van der Waals surface area (Å²) >= 11 is 5.79. The Kier molecular flexibility index (Phi) is 5.18. The van der Waals surface area contributed by atoms with Crippen molar-refractivity contribution in [3.63, 3.8) is 0 Å². The van der Waals surface area contributed by atoms with Gasteiger partial charge in [-0.1, -0.05) is 25.4 Å². The second-order valence-corrected chi connectivity index (χ2v) is 4.08. The Labute approximate surface area is 106 Å². The molecule has 1 aromatic rings. The third kappa shape index (κ3) is 3.87. The Bertz CT molecular complexity index is 393. The minimum absolute atomic E-state index is 0.167. The van der Waals surface area contributed by atoms with Gasteiger partial charge in [-0.15, -0.1) is 0 Å². The Morgan fingerprint density at radius 1 is 1.47 bits per heavy atom. The predicted molar refractivity (Wildman–Crippen MR) is 68.9 cm³/mol. The lowest BCUT2D eigenvalue weighted by molar-refractivity contribution is 0.0935. The summed E-state index contributed by atoms with van der Waals surface area (Å²) in [4.78, 5) is 15.8. The molecule has 0 aliphatic heterocycles. The first kappa shape index (κ1) is 13.7. The minimum Gasteiger partial charge on any atom is -0.349 e. The van der Waals surface area contributed by atoms with E-state index in [0.717, 1.165) is 12.8 Å². The Hall–Kier alpha value is -1.33. The first-order valence-corrected chi connectivity index (χ1v) is 5.93. The Balaban J connectivity index is 2.84. The van der Waals surface area contributed by atoms with Gasteiger partial charge in [0.2, 0.25) is 0 Å². The van der Waals surface area contributed by atoms with Gasteiger partial charge in [0, 0.05) is 11.6 Å². The van der Waals surface area contributed by atoms with Crippen molar-refractivity contribution in [3.05, 3.63) is 22.8 Å². The summed E-state index contributed by atoms with van der Waals surface area (Å²) < 4.78 is 0. The first-order valence-electron chi connectivity index (χ1n) is 5.55. The molecule has 0 spiro atoms. The van der Waals surface area contributed by atoms with Gasteiger partial charge in [-0.25, -0.2) is 10.8 Å². The van der Waals surface area contributed by atoms with Crippen molar-refractivity contribution in [1.29, 1.82) is 0 Å². The van der Waals surface area contributed by atoms with Gasteiger partial charge in [-0.05, 0) is 25.0 Å². The number of carbonyl (C=O) groups excluding carboxylic acids is 1. The zero-order valence-electron chi connectivity index (χ0n) is 9.96. The van der Waals surface area contributed by atoms with E-state index >= 15 is 0 Å². The summed E-state index contributed by atoms with van der Waals surface area (Å²) in [5.74, 6) is 5.44. The van der Waals surface area contributed by atoms with E-state index in [1.54, 1.807) is 6.07 Å². The molecule has 0 aliphatic carbocycles. The average molecular weight is 257 g/mol. The number of nitrogens with zero attached hydrogens (tertiary/aromatic N) is 1. The van der Waals surface area contributed by atoms with Gasteiger partial charge < -0.3 is 10.7 Å². The molecule has 0 aliphatic rings. The maximum atomic E-state index is 11.9. The van der Waals surface area contributed by atoms with E-state index in [2.05, 4.69) is 15.7 Å². The molecule has 0 radical (unpaired) electrons. The largest absolute Gasteiger partial charge is 0.349 e. The highest BCUT2D eigenvalue weighted by molar-refractivity contribution is 6.29. The van der Waals surface area contributed by atoms with Crippen molar-refractivity contribution >= 4 is 23.3 Å². The van der Waals surface area contributed by atoms with Crippen LogP contribution in [0.5, 0.6) is 0 Å². The number of hydrazine groups is 1. The van der Waals surface area contributed by atoms with Crippen LogP contribution in [0.1, 0.15) is 37.0 Å². The van der Waals surface area contributed by atoms with E-state index in [-0.39, 0.29) is 17.1 Å². The molecule has 1 amide bonds. The summed E-state index contributed by atoms with van der Waals surface area (Å²) in [5.41, 5.74) is 2.82. The summed E-state index contributed by atoms with van der Waals surface area (Å²) in [6, 6.07) is 3.24. The number of rotatable bonds is 5. The normalized spacial score (nSPS) is 10.4. The molecule has 1 heterocycles. The lowest BCUT2D eigenvalue weighted by Gasteiger charge is -2.15. The second kappa shape index (κ2) is 6.42. The van der Waals surface area contributed by atoms with Crippen molar-refractivity contribution in [3.8, 4) is 0 Å². The van der Waals surface area contributed by atoms with Crippen LogP contribution in [0.15, 0.2) is 12.1 Å². The molecule has 0 fully saturated rings. The molecule has 5 nitrogen and oxygen atoms in total. The monoisotopic (exact) mass is 256 g/mol. The van der Waals surface area contributed by atoms with Crippen molar-refractivity contribution in [2.45, 2.75) is 32.7 Å². The van der Waals surface area contributed by atoms with Crippen LogP contribution < -0.4 is 16.6 Å². The summed E-state index contributed by atoms with van der Waals surface area (Å²) in [5, 5.41) is 3.15. The van der Waals surface area contributed by atoms with E-state index < -0.39 is 0 Å². The molecule has 0 unspecified atom stereocenters. The number of nitrogens with two attached hydrogens (primary N) is 1. The molecule has 94 valence electrons. The maximum absolute atomic E-state index is 11.9. The highest BCUT2D eigenvalue weighted by Crippen LogP contribution is 2.14. The van der Waals surface area contributed by atoms with Crippen LogP contribution in [0.2, 0.25) is 5.15 Å². The van der Waals surface area contributed by atoms with E-state index in [4.69, 9.17) is 17.4 Å². The topological polar surface area (TPSA) is 80.0 Å². The SMILES string of the molecule is CCC(CC)NC(=O)c1cc(Cl)nc(NN)c1. The molecule has 0 saturated heterocycles. The molecule has 17 heavy (non-hydrogen) atoms. The van der Waals surface area contributed by atoms with Crippen molar-refractivity contribution < 1.29 is 4.79 Å². The maximum Gasteiger partial charge on any atom is 0.251 e. The molecule has 1 rings (SSSR count). The fraction of sp³-hybridized carbons (Fsp3) is 0.455. The molecule has 0 bridgehead atoms. The van der Waals surface area contributed by atoms with Gasteiger partial charge in [0.1, 0.15) is 11.0 Å². The van der Waals surface area contributed by atoms with E-state index in [9.17, 15) is 4.79 Å². The number of nitrogen functional groups attached to an aromatic ring is 1. The lowest BCUT2D eigenvalue weighted by atomic mass is 10.1. The molecule has 6 heteroatoms. The lowest BCUT2D eigenvalue weighted by Crippen LogP contribution is -2.33. The third-order valence-electron chi connectivity index (χ3n) is 2.52. The first-order chi connectivity index (χ1) is 8.10. The van der Waals surface area contributed by atoms with Gasteiger partial charge in [0.05, 0.1) is 0 Å². The molecule has 0 saturated carbocycles. The fourth-order valence-electron chi connectivity index (χ4n) is 1.46. The zero-order valence-corrected chi connectivity index (χ0v) is 10.7. The van der Waals surface area contributed by atoms with Crippen molar-refractivity contribution in [1.82, 2.24) is 10.3 Å². The van der Waals surface area contributed by atoms with Gasteiger partial charge in [-0.3, -0.25) is 4.79 Å². The molecular formula is C11H17ClN4O. The standard InChI is InChI=1S/C11H17ClN4O/c1-3-8(4-2)14-11(17)7-5-9(12)15-10(6-7)16-13/h5-6,8H,3-4,13H2,1-2H3,(H,14,17)(H,15,16). The van der Waals surface area contributed by atoms with Crippen LogP contribution in [0.3, 0.4) is 0 Å². The number of nitrogens with one attached hydrogen (secondary N) is 2. The highest BCUT2D eigenvalue weighted by atomic mass is 35.5. The number of hydrogen-bond donors (Lipinski definition) is 3. The number of aromatic nitrogens is 1. The number of carbonyl (C=O) groups is 1. The summed E-state index contributed by atoms with van der Waals surface area (Å²) in [6.07, 6.45) is 1.78. The summed E-state index contributed by atoms with van der Waals surface area (Å²) in [7, 11) is 0. The second-order valence-electron chi connectivity index (χ2n) is 3.70. The van der Waals surface area contributed by atoms with Crippen LogP contribution in [0.4, 0.5) is 5.82 Å². The number of anilines is 1. The average Bonchev–Trinajstić information content (AvgIpc) is 2.34. The fourth-order valence-corrected chi connectivity index (χ4v) is 1.67. The summed E-state index contributed by atoms with van der Waals surface area (Å²) in [6.45, 7) is 4.06. The Morgan fingerprint density at radius 3 is 2.65 bits per heavy atom. The van der Waals surface area contributed by atoms with E-state index in [1.807, 2.05) is 13.8 Å². The number of amides is 1. The molecule has 4 N–H and O–H groups in total.